The van der Waals surface area contributed by atoms with Gasteiger partial charge in [0.15, 0.2) is 11.6 Å². The normalized spacial score (nSPS) is 25.0. The maximum atomic E-state index is 13.6. The van der Waals surface area contributed by atoms with Crippen LogP contribution in [0, 0.1) is 5.82 Å². The molecule has 0 aromatic carbocycles. The Balaban J connectivity index is 2.11. The molecular formula is C10H14F2N4O. The summed E-state index contributed by atoms with van der Waals surface area (Å²) in [6, 6.07) is 0. The Bertz CT molecular complexity index is 404. The van der Waals surface area contributed by atoms with Crippen molar-refractivity contribution in [2.75, 3.05) is 30.8 Å². The maximum absolute atomic E-state index is 13.6. The van der Waals surface area contributed by atoms with Gasteiger partial charge in [-0.05, 0) is 6.42 Å². The number of methoxy groups -OCH3 is 1. The molecule has 94 valence electrons. The standard InChI is InChI=1S/C10H14F2N4O/c1-17-8-2-3-16(5-7(8)12)10-14-4-6(11)9(13)15-10/h4,7-8H,2-3,5H2,1H3,(H2,13,14,15)/t7-,8+/m1/s1. The number of halogens is 2. The maximum Gasteiger partial charge on any atom is 0.227 e. The molecule has 2 N–H and O–H groups in total. The fourth-order valence-corrected chi connectivity index (χ4v) is 1.85. The lowest BCUT2D eigenvalue weighted by Crippen LogP contribution is -2.46. The van der Waals surface area contributed by atoms with E-state index in [1.165, 1.54) is 7.11 Å². The topological polar surface area (TPSA) is 64.3 Å². The summed E-state index contributed by atoms with van der Waals surface area (Å²) in [5.41, 5.74) is 5.34. The van der Waals surface area contributed by atoms with Crippen molar-refractivity contribution < 1.29 is 13.5 Å². The number of alkyl halides is 1. The molecule has 0 aliphatic carbocycles. The first-order valence-electron chi connectivity index (χ1n) is 5.31. The number of rotatable bonds is 2. The smallest absolute Gasteiger partial charge is 0.227 e. The quantitative estimate of drug-likeness (QED) is 0.832. The minimum Gasteiger partial charge on any atom is -0.381 e. The van der Waals surface area contributed by atoms with Gasteiger partial charge in [0.25, 0.3) is 0 Å². The Morgan fingerprint density at radius 3 is 2.94 bits per heavy atom. The van der Waals surface area contributed by atoms with E-state index < -0.39 is 18.1 Å². The number of hydrogen-bond acceptors (Lipinski definition) is 5. The molecule has 2 atom stereocenters. The number of anilines is 2. The summed E-state index contributed by atoms with van der Waals surface area (Å²) in [5, 5.41) is 0. The highest BCUT2D eigenvalue weighted by molar-refractivity contribution is 5.39. The third-order valence-electron chi connectivity index (χ3n) is 2.83. The van der Waals surface area contributed by atoms with Crippen molar-refractivity contribution >= 4 is 11.8 Å². The van der Waals surface area contributed by atoms with Crippen molar-refractivity contribution in [2.45, 2.75) is 18.7 Å². The number of nitrogens with zero attached hydrogens (tertiary/aromatic N) is 3. The average molecular weight is 244 g/mol. The van der Waals surface area contributed by atoms with Gasteiger partial charge in [-0.15, -0.1) is 0 Å². The van der Waals surface area contributed by atoms with E-state index in [-0.39, 0.29) is 18.3 Å². The van der Waals surface area contributed by atoms with E-state index >= 15 is 0 Å². The average Bonchev–Trinajstić information content (AvgIpc) is 2.32. The second-order valence-electron chi connectivity index (χ2n) is 3.93. The van der Waals surface area contributed by atoms with E-state index in [1.54, 1.807) is 4.90 Å². The van der Waals surface area contributed by atoms with Crippen LogP contribution in [-0.4, -0.2) is 42.4 Å². The monoisotopic (exact) mass is 244 g/mol. The molecule has 0 spiro atoms. The molecule has 1 aromatic heterocycles. The van der Waals surface area contributed by atoms with Gasteiger partial charge in [0.05, 0.1) is 18.8 Å². The number of piperidine rings is 1. The van der Waals surface area contributed by atoms with Gasteiger partial charge in [0.2, 0.25) is 5.95 Å². The fraction of sp³-hybridized carbons (Fsp3) is 0.600. The zero-order valence-corrected chi connectivity index (χ0v) is 9.44. The molecule has 2 rings (SSSR count). The van der Waals surface area contributed by atoms with Gasteiger partial charge in [-0.1, -0.05) is 0 Å². The Labute approximate surface area is 97.6 Å². The molecular weight excluding hydrogens is 230 g/mol. The van der Waals surface area contributed by atoms with Crippen molar-refractivity contribution in [1.29, 1.82) is 0 Å². The summed E-state index contributed by atoms with van der Waals surface area (Å²) in [6.45, 7) is 0.688. The first-order valence-corrected chi connectivity index (χ1v) is 5.31. The molecule has 0 amide bonds. The highest BCUT2D eigenvalue weighted by atomic mass is 19.1. The Morgan fingerprint density at radius 2 is 2.35 bits per heavy atom. The lowest BCUT2D eigenvalue weighted by Gasteiger charge is -2.33. The van der Waals surface area contributed by atoms with Crippen molar-refractivity contribution in [3.63, 3.8) is 0 Å². The Hall–Kier alpha value is -1.50. The van der Waals surface area contributed by atoms with E-state index in [1.807, 2.05) is 0 Å². The predicted molar refractivity (Wildman–Crippen MR) is 58.9 cm³/mol. The summed E-state index contributed by atoms with van der Waals surface area (Å²) in [4.78, 5) is 9.23. The van der Waals surface area contributed by atoms with E-state index in [0.717, 1.165) is 6.20 Å². The molecule has 1 aliphatic heterocycles. The van der Waals surface area contributed by atoms with E-state index in [4.69, 9.17) is 10.5 Å². The zero-order valence-electron chi connectivity index (χ0n) is 9.44. The summed E-state index contributed by atoms with van der Waals surface area (Å²) in [7, 11) is 1.49. The molecule has 0 bridgehead atoms. The van der Waals surface area contributed by atoms with E-state index in [2.05, 4.69) is 9.97 Å². The number of ether oxygens (including phenoxy) is 1. The third kappa shape index (κ3) is 2.44. The van der Waals surface area contributed by atoms with Crippen LogP contribution < -0.4 is 10.6 Å². The van der Waals surface area contributed by atoms with Crippen molar-refractivity contribution in [3.05, 3.63) is 12.0 Å². The number of aromatic nitrogens is 2. The molecule has 1 fully saturated rings. The molecule has 0 unspecified atom stereocenters. The van der Waals surface area contributed by atoms with Crippen LogP contribution in [0.2, 0.25) is 0 Å². The Morgan fingerprint density at radius 1 is 1.59 bits per heavy atom. The highest BCUT2D eigenvalue weighted by Gasteiger charge is 2.30. The van der Waals surface area contributed by atoms with E-state index in [0.29, 0.717) is 13.0 Å². The Kier molecular flexibility index (Phi) is 3.37. The molecule has 1 aromatic rings. The molecule has 1 saturated heterocycles. The van der Waals surface area contributed by atoms with Gasteiger partial charge in [0.1, 0.15) is 6.17 Å². The summed E-state index contributed by atoms with van der Waals surface area (Å²) in [5.74, 6) is -0.641. The summed E-state index contributed by atoms with van der Waals surface area (Å²) >= 11 is 0. The van der Waals surface area contributed by atoms with Crippen LogP contribution in [0.25, 0.3) is 0 Å². The van der Waals surface area contributed by atoms with Gasteiger partial charge in [0, 0.05) is 13.7 Å². The lowest BCUT2D eigenvalue weighted by molar-refractivity contribution is 0.0194. The van der Waals surface area contributed by atoms with Gasteiger partial charge < -0.3 is 15.4 Å². The number of hydrogen-bond donors (Lipinski definition) is 1. The van der Waals surface area contributed by atoms with Gasteiger partial charge in [-0.2, -0.15) is 4.98 Å². The highest BCUT2D eigenvalue weighted by Crippen LogP contribution is 2.21. The number of nitrogen functional groups attached to an aromatic ring is 1. The van der Waals surface area contributed by atoms with E-state index in [9.17, 15) is 8.78 Å². The fourth-order valence-electron chi connectivity index (χ4n) is 1.85. The predicted octanol–water partition coefficient (Wildman–Crippen LogP) is 0.761. The molecule has 1 aliphatic rings. The van der Waals surface area contributed by atoms with Gasteiger partial charge in [-0.3, -0.25) is 0 Å². The van der Waals surface area contributed by atoms with Crippen molar-refractivity contribution in [2.24, 2.45) is 0 Å². The molecule has 0 radical (unpaired) electrons. The molecule has 5 nitrogen and oxygen atoms in total. The third-order valence-corrected chi connectivity index (χ3v) is 2.83. The second-order valence-corrected chi connectivity index (χ2v) is 3.93. The largest absolute Gasteiger partial charge is 0.381 e. The van der Waals surface area contributed by atoms with Crippen LogP contribution in [-0.2, 0) is 4.74 Å². The van der Waals surface area contributed by atoms with Gasteiger partial charge in [-0.25, -0.2) is 13.8 Å². The zero-order chi connectivity index (χ0) is 12.4. The first kappa shape index (κ1) is 12.0. The molecule has 2 heterocycles. The van der Waals surface area contributed by atoms with Crippen LogP contribution in [0.4, 0.5) is 20.5 Å². The minimum absolute atomic E-state index is 0.129. The van der Waals surface area contributed by atoms with Crippen LogP contribution >= 0.6 is 0 Å². The summed E-state index contributed by atoms with van der Waals surface area (Å²) < 4.78 is 31.5. The van der Waals surface area contributed by atoms with Crippen LogP contribution in [0.15, 0.2) is 6.20 Å². The molecule has 0 saturated carbocycles. The number of nitrogens with two attached hydrogens (primary N) is 1. The van der Waals surface area contributed by atoms with Crippen LogP contribution in [0.1, 0.15) is 6.42 Å². The first-order chi connectivity index (χ1) is 8.11. The van der Waals surface area contributed by atoms with Gasteiger partial charge >= 0.3 is 0 Å². The molecule has 17 heavy (non-hydrogen) atoms. The summed E-state index contributed by atoms with van der Waals surface area (Å²) in [6.07, 6.45) is 0.0266. The van der Waals surface area contributed by atoms with Crippen molar-refractivity contribution in [3.8, 4) is 0 Å². The van der Waals surface area contributed by atoms with Crippen molar-refractivity contribution in [1.82, 2.24) is 9.97 Å². The SMILES string of the molecule is CO[C@H]1CCN(c2ncc(F)c(N)n2)C[C@H]1F. The van der Waals surface area contributed by atoms with Crippen LogP contribution in [0.5, 0.6) is 0 Å². The lowest BCUT2D eigenvalue weighted by atomic mass is 10.1. The minimum atomic E-state index is -1.11. The molecule has 7 heteroatoms. The van der Waals surface area contributed by atoms with Crippen LogP contribution in [0.3, 0.4) is 0 Å². The second kappa shape index (κ2) is 4.79.